The molecule has 2 aliphatic carbocycles. The van der Waals surface area contributed by atoms with Gasteiger partial charge in [-0.15, -0.1) is 0 Å². The molecule has 1 aromatic carbocycles. The van der Waals surface area contributed by atoms with Crippen molar-refractivity contribution in [2.24, 2.45) is 5.92 Å². The predicted molar refractivity (Wildman–Crippen MR) is 82.7 cm³/mol. The van der Waals surface area contributed by atoms with Crippen molar-refractivity contribution in [3.05, 3.63) is 35.4 Å². The van der Waals surface area contributed by atoms with Gasteiger partial charge >= 0.3 is 0 Å². The summed E-state index contributed by atoms with van der Waals surface area (Å²) in [4.78, 5) is 11.7. The quantitative estimate of drug-likeness (QED) is 0.868. The summed E-state index contributed by atoms with van der Waals surface area (Å²) in [5.41, 5.74) is 2.37. The van der Waals surface area contributed by atoms with E-state index in [1.54, 1.807) is 0 Å². The number of hydrogen-bond donors (Lipinski definition) is 1. The standard InChI is InChI=1S/C18H25NO2/c20-18(16-9-10-16)19-12-14-5-4-6-15(11-14)13-21-17-7-2-1-3-8-17/h4-6,11,16-17H,1-3,7-10,12-13H2,(H,19,20). The first-order valence-corrected chi connectivity index (χ1v) is 8.28. The Labute approximate surface area is 127 Å². The number of rotatable bonds is 6. The summed E-state index contributed by atoms with van der Waals surface area (Å²) in [5, 5.41) is 3.01. The summed E-state index contributed by atoms with van der Waals surface area (Å²) >= 11 is 0. The number of ether oxygens (including phenoxy) is 1. The maximum atomic E-state index is 11.7. The van der Waals surface area contributed by atoms with E-state index in [9.17, 15) is 4.79 Å². The van der Waals surface area contributed by atoms with Gasteiger partial charge in [-0.05, 0) is 36.8 Å². The lowest BCUT2D eigenvalue weighted by atomic mass is 9.98. The molecule has 3 nitrogen and oxygen atoms in total. The lowest BCUT2D eigenvalue weighted by molar-refractivity contribution is -0.122. The molecule has 2 aliphatic rings. The topological polar surface area (TPSA) is 38.3 Å². The Morgan fingerprint density at radius 1 is 1.10 bits per heavy atom. The minimum Gasteiger partial charge on any atom is -0.374 e. The third-order valence-electron chi connectivity index (χ3n) is 4.44. The number of benzene rings is 1. The molecule has 0 saturated heterocycles. The van der Waals surface area contributed by atoms with E-state index < -0.39 is 0 Å². The molecule has 0 atom stereocenters. The van der Waals surface area contributed by atoms with Crippen LogP contribution in [0.15, 0.2) is 24.3 Å². The van der Waals surface area contributed by atoms with Crippen molar-refractivity contribution in [1.82, 2.24) is 5.32 Å². The zero-order valence-electron chi connectivity index (χ0n) is 12.6. The first-order chi connectivity index (χ1) is 10.3. The van der Waals surface area contributed by atoms with Crippen LogP contribution >= 0.6 is 0 Å². The van der Waals surface area contributed by atoms with Crippen LogP contribution in [0.1, 0.15) is 56.1 Å². The van der Waals surface area contributed by atoms with Crippen LogP contribution in [0.2, 0.25) is 0 Å². The number of amides is 1. The summed E-state index contributed by atoms with van der Waals surface area (Å²) in [6.45, 7) is 1.32. The number of nitrogens with one attached hydrogen (secondary N) is 1. The van der Waals surface area contributed by atoms with Gasteiger partial charge in [0.15, 0.2) is 0 Å². The van der Waals surface area contributed by atoms with Crippen LogP contribution in [-0.4, -0.2) is 12.0 Å². The molecule has 0 radical (unpaired) electrons. The summed E-state index contributed by atoms with van der Waals surface area (Å²) in [6.07, 6.45) is 8.93. The average molecular weight is 287 g/mol. The lowest BCUT2D eigenvalue weighted by Crippen LogP contribution is -2.24. The molecule has 1 aromatic rings. The molecule has 0 spiro atoms. The zero-order chi connectivity index (χ0) is 14.5. The van der Waals surface area contributed by atoms with Crippen LogP contribution in [-0.2, 0) is 22.7 Å². The van der Waals surface area contributed by atoms with Gasteiger partial charge in [-0.25, -0.2) is 0 Å². The molecule has 3 heteroatoms. The molecule has 1 N–H and O–H groups in total. The van der Waals surface area contributed by atoms with Crippen molar-refractivity contribution in [1.29, 1.82) is 0 Å². The van der Waals surface area contributed by atoms with Crippen molar-refractivity contribution in [2.45, 2.75) is 64.2 Å². The van der Waals surface area contributed by atoms with Gasteiger partial charge in [0.25, 0.3) is 0 Å². The molecule has 0 aromatic heterocycles. The van der Waals surface area contributed by atoms with Crippen LogP contribution in [0.3, 0.4) is 0 Å². The summed E-state index contributed by atoms with van der Waals surface area (Å²) in [5.74, 6) is 0.488. The number of carbonyl (C=O) groups is 1. The van der Waals surface area contributed by atoms with Gasteiger partial charge < -0.3 is 10.1 Å². The monoisotopic (exact) mass is 287 g/mol. The van der Waals surface area contributed by atoms with E-state index in [2.05, 4.69) is 29.6 Å². The van der Waals surface area contributed by atoms with Gasteiger partial charge in [-0.1, -0.05) is 43.5 Å². The van der Waals surface area contributed by atoms with E-state index in [1.165, 1.54) is 37.7 Å². The highest BCUT2D eigenvalue weighted by Gasteiger charge is 2.29. The van der Waals surface area contributed by atoms with E-state index in [4.69, 9.17) is 4.74 Å². The summed E-state index contributed by atoms with van der Waals surface area (Å²) < 4.78 is 6.01. The number of hydrogen-bond acceptors (Lipinski definition) is 2. The molecule has 114 valence electrons. The van der Waals surface area contributed by atoms with Crippen molar-refractivity contribution in [2.75, 3.05) is 0 Å². The fraction of sp³-hybridized carbons (Fsp3) is 0.611. The third-order valence-corrected chi connectivity index (χ3v) is 4.44. The van der Waals surface area contributed by atoms with E-state index in [1.807, 2.05) is 0 Å². The van der Waals surface area contributed by atoms with Crippen LogP contribution in [0, 0.1) is 5.92 Å². The van der Waals surface area contributed by atoms with Gasteiger partial charge in [0.1, 0.15) is 0 Å². The van der Waals surface area contributed by atoms with E-state index in [0.717, 1.165) is 18.4 Å². The second kappa shape index (κ2) is 7.08. The molecule has 0 aliphatic heterocycles. The SMILES string of the molecule is O=C(NCc1cccc(COC2CCCCC2)c1)C1CC1. The van der Waals surface area contributed by atoms with E-state index in [-0.39, 0.29) is 11.8 Å². The molecule has 2 fully saturated rings. The maximum Gasteiger partial charge on any atom is 0.223 e. The van der Waals surface area contributed by atoms with E-state index in [0.29, 0.717) is 19.3 Å². The second-order valence-electron chi connectivity index (χ2n) is 6.38. The molecular weight excluding hydrogens is 262 g/mol. The van der Waals surface area contributed by atoms with Crippen LogP contribution in [0.25, 0.3) is 0 Å². The van der Waals surface area contributed by atoms with Gasteiger partial charge in [0.2, 0.25) is 5.91 Å². The summed E-state index contributed by atoms with van der Waals surface area (Å²) in [6, 6.07) is 8.38. The lowest BCUT2D eigenvalue weighted by Gasteiger charge is -2.22. The highest BCUT2D eigenvalue weighted by Crippen LogP contribution is 2.28. The zero-order valence-corrected chi connectivity index (χ0v) is 12.6. The average Bonchev–Trinajstić information content (AvgIpc) is 3.37. The largest absolute Gasteiger partial charge is 0.374 e. The molecule has 21 heavy (non-hydrogen) atoms. The van der Waals surface area contributed by atoms with Crippen LogP contribution in [0.4, 0.5) is 0 Å². The number of carbonyl (C=O) groups excluding carboxylic acids is 1. The van der Waals surface area contributed by atoms with Crippen molar-refractivity contribution < 1.29 is 9.53 Å². The molecular formula is C18H25NO2. The smallest absolute Gasteiger partial charge is 0.223 e. The van der Waals surface area contributed by atoms with E-state index >= 15 is 0 Å². The highest BCUT2D eigenvalue weighted by molar-refractivity contribution is 5.80. The van der Waals surface area contributed by atoms with Crippen LogP contribution < -0.4 is 5.32 Å². The highest BCUT2D eigenvalue weighted by atomic mass is 16.5. The Bertz CT molecular complexity index is 476. The minimum atomic E-state index is 0.207. The Kier molecular flexibility index (Phi) is 4.91. The van der Waals surface area contributed by atoms with Gasteiger partial charge in [0.05, 0.1) is 12.7 Å². The van der Waals surface area contributed by atoms with Crippen molar-refractivity contribution in [3.63, 3.8) is 0 Å². The molecule has 2 saturated carbocycles. The fourth-order valence-electron chi connectivity index (χ4n) is 2.95. The molecule has 0 bridgehead atoms. The molecule has 0 unspecified atom stereocenters. The molecule has 1 amide bonds. The Balaban J connectivity index is 1.46. The predicted octanol–water partition coefficient (Wildman–Crippen LogP) is 3.56. The van der Waals surface area contributed by atoms with Gasteiger partial charge in [0, 0.05) is 12.5 Å². The van der Waals surface area contributed by atoms with Crippen molar-refractivity contribution in [3.8, 4) is 0 Å². The first-order valence-electron chi connectivity index (χ1n) is 8.28. The summed E-state index contributed by atoms with van der Waals surface area (Å²) in [7, 11) is 0. The van der Waals surface area contributed by atoms with Crippen LogP contribution in [0.5, 0.6) is 0 Å². The Hall–Kier alpha value is -1.35. The van der Waals surface area contributed by atoms with Gasteiger partial charge in [-0.2, -0.15) is 0 Å². The minimum absolute atomic E-state index is 0.207. The fourth-order valence-corrected chi connectivity index (χ4v) is 2.95. The Morgan fingerprint density at radius 2 is 1.86 bits per heavy atom. The third kappa shape index (κ3) is 4.57. The Morgan fingerprint density at radius 3 is 2.62 bits per heavy atom. The maximum absolute atomic E-state index is 11.7. The first kappa shape index (κ1) is 14.6. The molecule has 3 rings (SSSR count). The second-order valence-corrected chi connectivity index (χ2v) is 6.38. The van der Waals surface area contributed by atoms with Gasteiger partial charge in [-0.3, -0.25) is 4.79 Å². The molecule has 0 heterocycles. The van der Waals surface area contributed by atoms with Crippen molar-refractivity contribution >= 4 is 5.91 Å². The normalized spacial score (nSPS) is 19.4.